The summed E-state index contributed by atoms with van der Waals surface area (Å²) < 4.78 is 10.5. The summed E-state index contributed by atoms with van der Waals surface area (Å²) in [5, 5.41) is 4.16. The van der Waals surface area contributed by atoms with Crippen molar-refractivity contribution >= 4 is 17.5 Å². The molecule has 1 saturated heterocycles. The zero-order valence-electron chi connectivity index (χ0n) is 15.7. The van der Waals surface area contributed by atoms with Gasteiger partial charge in [0.25, 0.3) is 5.91 Å². The Morgan fingerprint density at radius 3 is 2.81 bits per heavy atom. The van der Waals surface area contributed by atoms with Gasteiger partial charge in [0.2, 0.25) is 5.91 Å². The third kappa shape index (κ3) is 5.56. The largest absolute Gasteiger partial charge is 0.496 e. The average Bonchev–Trinajstić information content (AvgIpc) is 2.84. The quantitative estimate of drug-likeness (QED) is 0.596. The molecular formula is C19H27N3O4. The normalized spacial score (nSPS) is 15.6. The molecule has 1 fully saturated rings. The summed E-state index contributed by atoms with van der Waals surface area (Å²) in [5.74, 6) is 0.495. The maximum absolute atomic E-state index is 12.1. The molecule has 2 rings (SSSR count). The van der Waals surface area contributed by atoms with Gasteiger partial charge in [0.05, 0.1) is 19.4 Å². The molecule has 0 atom stereocenters. The maximum Gasteiger partial charge on any atom is 0.259 e. The maximum atomic E-state index is 12.1. The number of methoxy groups -OCH3 is 2. The molecule has 0 aromatic heterocycles. The van der Waals surface area contributed by atoms with E-state index in [4.69, 9.17) is 9.47 Å². The van der Waals surface area contributed by atoms with Gasteiger partial charge in [-0.25, -0.2) is 5.43 Å². The molecule has 7 heteroatoms. The highest BCUT2D eigenvalue weighted by atomic mass is 16.5. The monoisotopic (exact) mass is 361 g/mol. The third-order valence-corrected chi connectivity index (χ3v) is 4.35. The van der Waals surface area contributed by atoms with Crippen LogP contribution in [-0.4, -0.2) is 49.7 Å². The minimum Gasteiger partial charge on any atom is -0.496 e. The van der Waals surface area contributed by atoms with Gasteiger partial charge in [-0.3, -0.25) is 9.59 Å². The van der Waals surface area contributed by atoms with Crippen LogP contribution in [0, 0.1) is 0 Å². The molecule has 2 amide bonds. The van der Waals surface area contributed by atoms with E-state index in [9.17, 15) is 9.59 Å². The molecule has 0 unspecified atom stereocenters. The average molecular weight is 361 g/mol. The predicted molar refractivity (Wildman–Crippen MR) is 99.1 cm³/mol. The van der Waals surface area contributed by atoms with Crippen molar-refractivity contribution in [2.24, 2.45) is 5.10 Å². The third-order valence-electron chi connectivity index (χ3n) is 4.35. The summed E-state index contributed by atoms with van der Waals surface area (Å²) >= 11 is 0. The van der Waals surface area contributed by atoms with E-state index in [1.807, 2.05) is 25.1 Å². The number of hydrogen-bond acceptors (Lipinski definition) is 5. The Kier molecular flexibility index (Phi) is 7.59. The van der Waals surface area contributed by atoms with Crippen LogP contribution in [0.1, 0.15) is 43.7 Å². The Labute approximate surface area is 154 Å². The van der Waals surface area contributed by atoms with Crippen LogP contribution >= 0.6 is 0 Å². The summed E-state index contributed by atoms with van der Waals surface area (Å²) in [6.07, 6.45) is 3.39. The zero-order chi connectivity index (χ0) is 18.9. The first-order valence-electron chi connectivity index (χ1n) is 8.82. The van der Waals surface area contributed by atoms with Crippen molar-refractivity contribution in [2.75, 3.05) is 27.3 Å². The molecule has 1 N–H and O–H groups in total. The molecule has 7 nitrogen and oxygen atoms in total. The van der Waals surface area contributed by atoms with Crippen LogP contribution in [0.4, 0.5) is 0 Å². The summed E-state index contributed by atoms with van der Waals surface area (Å²) in [7, 11) is 3.23. The van der Waals surface area contributed by atoms with E-state index in [2.05, 4.69) is 10.5 Å². The number of hydrazone groups is 1. The van der Waals surface area contributed by atoms with E-state index in [0.717, 1.165) is 36.1 Å². The lowest BCUT2D eigenvalue weighted by Crippen LogP contribution is -2.39. The van der Waals surface area contributed by atoms with E-state index in [1.165, 1.54) is 0 Å². The summed E-state index contributed by atoms with van der Waals surface area (Å²) in [4.78, 5) is 25.7. The van der Waals surface area contributed by atoms with Gasteiger partial charge in [0.1, 0.15) is 12.3 Å². The van der Waals surface area contributed by atoms with Crippen molar-refractivity contribution in [1.29, 1.82) is 0 Å². The van der Waals surface area contributed by atoms with E-state index in [0.29, 0.717) is 25.3 Å². The van der Waals surface area contributed by atoms with Crippen LogP contribution in [0.25, 0.3) is 0 Å². The molecule has 0 bridgehead atoms. The molecule has 0 saturated carbocycles. The minimum atomic E-state index is -0.287. The van der Waals surface area contributed by atoms with Gasteiger partial charge >= 0.3 is 0 Å². The molecule has 1 aliphatic rings. The number of benzene rings is 1. The van der Waals surface area contributed by atoms with Crippen LogP contribution in [0.3, 0.4) is 0 Å². The van der Waals surface area contributed by atoms with E-state index in [-0.39, 0.29) is 18.4 Å². The van der Waals surface area contributed by atoms with Crippen molar-refractivity contribution in [3.05, 3.63) is 29.3 Å². The van der Waals surface area contributed by atoms with Gasteiger partial charge in [-0.2, -0.15) is 5.10 Å². The number of hydrogen-bond donors (Lipinski definition) is 1. The lowest BCUT2D eigenvalue weighted by Gasteiger charge is -2.19. The van der Waals surface area contributed by atoms with Gasteiger partial charge in [-0.05, 0) is 43.5 Å². The number of likely N-dealkylation sites (tertiary alicyclic amines) is 1. The first kappa shape index (κ1) is 19.9. The fraction of sp³-hybridized carbons (Fsp3) is 0.526. The van der Waals surface area contributed by atoms with Crippen molar-refractivity contribution < 1.29 is 19.1 Å². The highest BCUT2D eigenvalue weighted by Crippen LogP contribution is 2.21. The number of ether oxygens (including phenoxy) is 2. The molecule has 142 valence electrons. The minimum absolute atomic E-state index is 0.0395. The number of carbonyl (C=O) groups is 2. The van der Waals surface area contributed by atoms with E-state index < -0.39 is 0 Å². The Balaban J connectivity index is 1.99. The number of amides is 2. The predicted octanol–water partition coefficient (Wildman–Crippen LogP) is 2.08. The number of rotatable bonds is 7. The van der Waals surface area contributed by atoms with Gasteiger partial charge in [-0.1, -0.05) is 6.42 Å². The number of carbonyl (C=O) groups excluding carboxylic acids is 2. The first-order valence-corrected chi connectivity index (χ1v) is 8.82. The highest BCUT2D eigenvalue weighted by Gasteiger charge is 2.19. The van der Waals surface area contributed by atoms with Crippen molar-refractivity contribution in [1.82, 2.24) is 10.3 Å². The van der Waals surface area contributed by atoms with Crippen LogP contribution in [0.2, 0.25) is 0 Å². The molecule has 1 aromatic rings. The molecule has 26 heavy (non-hydrogen) atoms. The molecule has 1 heterocycles. The lowest BCUT2D eigenvalue weighted by atomic mass is 10.1. The lowest BCUT2D eigenvalue weighted by molar-refractivity contribution is -0.135. The number of nitrogens with zero attached hydrogens (tertiary/aromatic N) is 2. The molecule has 1 aliphatic heterocycles. The standard InChI is InChI=1S/C19H27N3O4/c1-14(15-8-9-17(26-3)16(11-15)13-25-2)20-21-18(23)12-22-10-6-4-5-7-19(22)24/h8-9,11H,4-7,10,12-13H2,1-3H3,(H,21,23)/b20-14-. The number of nitrogens with one attached hydrogen (secondary N) is 1. The SMILES string of the molecule is COCc1cc(/C(C)=N\NC(=O)CN2CCCCCC2=O)ccc1OC. The Morgan fingerprint density at radius 2 is 2.08 bits per heavy atom. The van der Waals surface area contributed by atoms with Crippen molar-refractivity contribution in [2.45, 2.75) is 39.2 Å². The van der Waals surface area contributed by atoms with Crippen molar-refractivity contribution in [3.63, 3.8) is 0 Å². The highest BCUT2D eigenvalue weighted by molar-refractivity contribution is 5.99. The molecule has 1 aromatic carbocycles. The summed E-state index contributed by atoms with van der Waals surface area (Å²) in [5.41, 5.74) is 4.98. The van der Waals surface area contributed by atoms with Crippen LogP contribution in [-0.2, 0) is 20.9 Å². The van der Waals surface area contributed by atoms with Gasteiger partial charge in [-0.15, -0.1) is 0 Å². The fourth-order valence-corrected chi connectivity index (χ4v) is 2.90. The molecular weight excluding hydrogens is 334 g/mol. The Bertz CT molecular complexity index is 673. The van der Waals surface area contributed by atoms with Crippen LogP contribution < -0.4 is 10.2 Å². The second-order valence-electron chi connectivity index (χ2n) is 6.32. The molecule has 0 spiro atoms. The smallest absolute Gasteiger partial charge is 0.259 e. The second kappa shape index (κ2) is 9.91. The Hall–Kier alpha value is -2.41. The molecule has 0 aliphatic carbocycles. The second-order valence-corrected chi connectivity index (χ2v) is 6.32. The first-order chi connectivity index (χ1) is 12.5. The van der Waals surface area contributed by atoms with Crippen LogP contribution in [0.15, 0.2) is 23.3 Å². The van der Waals surface area contributed by atoms with E-state index >= 15 is 0 Å². The topological polar surface area (TPSA) is 80.2 Å². The van der Waals surface area contributed by atoms with Gasteiger partial charge in [0.15, 0.2) is 0 Å². The Morgan fingerprint density at radius 1 is 1.27 bits per heavy atom. The summed E-state index contributed by atoms with van der Waals surface area (Å²) in [6, 6.07) is 5.65. The summed E-state index contributed by atoms with van der Waals surface area (Å²) in [6.45, 7) is 2.92. The molecule has 0 radical (unpaired) electrons. The van der Waals surface area contributed by atoms with Gasteiger partial charge in [0, 0.05) is 25.6 Å². The van der Waals surface area contributed by atoms with Gasteiger partial charge < -0.3 is 14.4 Å². The fourth-order valence-electron chi connectivity index (χ4n) is 2.90. The zero-order valence-corrected chi connectivity index (χ0v) is 15.7. The van der Waals surface area contributed by atoms with E-state index in [1.54, 1.807) is 19.1 Å². The van der Waals surface area contributed by atoms with Crippen LogP contribution in [0.5, 0.6) is 5.75 Å². The van der Waals surface area contributed by atoms with Crippen molar-refractivity contribution in [3.8, 4) is 5.75 Å².